The van der Waals surface area contributed by atoms with E-state index < -0.39 is 0 Å². The number of carbonyl (C=O) groups excluding carboxylic acids is 1. The Morgan fingerprint density at radius 3 is 2.86 bits per heavy atom. The number of urea groups is 1. The topological polar surface area (TPSA) is 70.1 Å². The molecule has 2 N–H and O–H groups in total. The fourth-order valence-corrected chi connectivity index (χ4v) is 2.61. The molecule has 1 aromatic heterocycles. The van der Waals surface area contributed by atoms with E-state index in [0.29, 0.717) is 31.6 Å². The zero-order chi connectivity index (χ0) is 15.5. The van der Waals surface area contributed by atoms with Crippen molar-refractivity contribution in [2.24, 2.45) is 0 Å². The second kappa shape index (κ2) is 5.93. The lowest BCUT2D eigenvalue weighted by Gasteiger charge is -2.26. The van der Waals surface area contributed by atoms with Gasteiger partial charge in [-0.1, -0.05) is 24.3 Å². The highest BCUT2D eigenvalue weighted by atomic mass is 16.2. The molecule has 0 aliphatic carbocycles. The molecule has 2 amide bonds. The van der Waals surface area contributed by atoms with Crippen molar-refractivity contribution in [1.82, 2.24) is 20.0 Å². The minimum Gasteiger partial charge on any atom is -0.335 e. The molecule has 0 bridgehead atoms. The maximum atomic E-state index is 12.6. The minimum atomic E-state index is -0.169. The standard InChI is InChI=1S/C16H18N4O2/c1-2-9-17-16(22)19-10-8-14-13(11-19)15(21)20(18-14)12-6-4-3-5-7-12/h2-7,18H,1,8-11H2,(H,17,22). The molecule has 6 nitrogen and oxygen atoms in total. The van der Waals surface area contributed by atoms with Crippen LogP contribution in [-0.4, -0.2) is 33.8 Å². The van der Waals surface area contributed by atoms with Crippen LogP contribution < -0.4 is 10.9 Å². The Hall–Kier alpha value is -2.76. The van der Waals surface area contributed by atoms with Crippen molar-refractivity contribution in [2.75, 3.05) is 13.1 Å². The molecule has 1 aliphatic rings. The lowest BCUT2D eigenvalue weighted by molar-refractivity contribution is 0.193. The Bertz CT molecular complexity index is 745. The Balaban J connectivity index is 1.86. The highest BCUT2D eigenvalue weighted by Gasteiger charge is 2.25. The van der Waals surface area contributed by atoms with Gasteiger partial charge in [0.05, 0.1) is 17.8 Å². The van der Waals surface area contributed by atoms with Gasteiger partial charge < -0.3 is 10.2 Å². The van der Waals surface area contributed by atoms with Crippen LogP contribution in [-0.2, 0) is 13.0 Å². The van der Waals surface area contributed by atoms with Gasteiger partial charge in [0.1, 0.15) is 0 Å². The van der Waals surface area contributed by atoms with Gasteiger partial charge in [-0.25, -0.2) is 9.48 Å². The monoisotopic (exact) mass is 298 g/mol. The van der Waals surface area contributed by atoms with E-state index in [0.717, 1.165) is 11.4 Å². The summed E-state index contributed by atoms with van der Waals surface area (Å²) in [7, 11) is 0. The number of aromatic amines is 1. The average Bonchev–Trinajstić information content (AvgIpc) is 2.90. The SMILES string of the molecule is C=CCNC(=O)N1CCc2[nH]n(-c3ccccc3)c(=O)c2C1. The smallest absolute Gasteiger partial charge is 0.317 e. The lowest BCUT2D eigenvalue weighted by atomic mass is 10.1. The summed E-state index contributed by atoms with van der Waals surface area (Å²) in [6, 6.07) is 9.25. The number of carbonyl (C=O) groups is 1. The minimum absolute atomic E-state index is 0.0950. The van der Waals surface area contributed by atoms with Crippen LogP contribution in [0.1, 0.15) is 11.3 Å². The van der Waals surface area contributed by atoms with E-state index >= 15 is 0 Å². The zero-order valence-electron chi connectivity index (χ0n) is 12.2. The van der Waals surface area contributed by atoms with Gasteiger partial charge in [-0.3, -0.25) is 9.89 Å². The maximum Gasteiger partial charge on any atom is 0.317 e. The number of hydrogen-bond acceptors (Lipinski definition) is 2. The van der Waals surface area contributed by atoms with Crippen LogP contribution in [0.25, 0.3) is 5.69 Å². The van der Waals surface area contributed by atoms with E-state index in [4.69, 9.17) is 0 Å². The summed E-state index contributed by atoms with van der Waals surface area (Å²) in [5.41, 5.74) is 2.26. The predicted octanol–water partition coefficient (Wildman–Crippen LogP) is 1.42. The van der Waals surface area contributed by atoms with Gasteiger partial charge in [0.25, 0.3) is 5.56 Å². The number of fused-ring (bicyclic) bond motifs is 1. The van der Waals surface area contributed by atoms with Gasteiger partial charge in [0, 0.05) is 25.2 Å². The summed E-state index contributed by atoms with van der Waals surface area (Å²) in [6.45, 7) is 4.91. The van der Waals surface area contributed by atoms with Crippen molar-refractivity contribution in [3.8, 4) is 5.69 Å². The first kappa shape index (κ1) is 14.2. The number of rotatable bonds is 3. The average molecular weight is 298 g/mol. The van der Waals surface area contributed by atoms with Crippen molar-refractivity contribution >= 4 is 6.03 Å². The third-order valence-corrected chi connectivity index (χ3v) is 3.75. The lowest BCUT2D eigenvalue weighted by Crippen LogP contribution is -2.43. The molecule has 0 unspecified atom stereocenters. The van der Waals surface area contributed by atoms with E-state index in [-0.39, 0.29) is 11.6 Å². The molecule has 1 aromatic carbocycles. The Kier molecular flexibility index (Phi) is 3.82. The highest BCUT2D eigenvalue weighted by molar-refractivity contribution is 5.74. The van der Waals surface area contributed by atoms with Gasteiger partial charge in [0.15, 0.2) is 0 Å². The van der Waals surface area contributed by atoms with Crippen LogP contribution in [0.15, 0.2) is 47.8 Å². The first-order chi connectivity index (χ1) is 10.7. The van der Waals surface area contributed by atoms with Gasteiger partial charge in [-0.15, -0.1) is 6.58 Å². The molecular weight excluding hydrogens is 280 g/mol. The number of para-hydroxylation sites is 1. The van der Waals surface area contributed by atoms with Gasteiger partial charge >= 0.3 is 6.03 Å². The third kappa shape index (κ3) is 2.55. The van der Waals surface area contributed by atoms with E-state index in [2.05, 4.69) is 17.0 Å². The number of benzene rings is 1. The number of amides is 2. The van der Waals surface area contributed by atoms with E-state index in [1.54, 1.807) is 11.0 Å². The number of nitrogens with one attached hydrogen (secondary N) is 2. The number of aromatic nitrogens is 2. The second-order valence-electron chi connectivity index (χ2n) is 5.19. The van der Waals surface area contributed by atoms with Crippen LogP contribution in [0.2, 0.25) is 0 Å². The molecule has 22 heavy (non-hydrogen) atoms. The summed E-state index contributed by atoms with van der Waals surface area (Å²) < 4.78 is 1.54. The molecule has 0 saturated heterocycles. The highest BCUT2D eigenvalue weighted by Crippen LogP contribution is 2.15. The molecule has 114 valence electrons. The van der Waals surface area contributed by atoms with Crippen molar-refractivity contribution in [3.63, 3.8) is 0 Å². The van der Waals surface area contributed by atoms with Gasteiger partial charge in [-0.05, 0) is 12.1 Å². The second-order valence-corrected chi connectivity index (χ2v) is 5.19. The summed E-state index contributed by atoms with van der Waals surface area (Å²) in [4.78, 5) is 26.2. The van der Waals surface area contributed by atoms with E-state index in [9.17, 15) is 9.59 Å². The number of nitrogens with zero attached hydrogens (tertiary/aromatic N) is 2. The molecular formula is C16H18N4O2. The Morgan fingerprint density at radius 2 is 2.14 bits per heavy atom. The summed E-state index contributed by atoms with van der Waals surface area (Å²) in [6.07, 6.45) is 2.28. The first-order valence-corrected chi connectivity index (χ1v) is 7.22. The van der Waals surface area contributed by atoms with Gasteiger partial charge in [-0.2, -0.15) is 0 Å². The fourth-order valence-electron chi connectivity index (χ4n) is 2.61. The van der Waals surface area contributed by atoms with Crippen LogP contribution in [0, 0.1) is 0 Å². The zero-order valence-corrected chi connectivity index (χ0v) is 12.2. The van der Waals surface area contributed by atoms with Crippen molar-refractivity contribution in [2.45, 2.75) is 13.0 Å². The van der Waals surface area contributed by atoms with Gasteiger partial charge in [0.2, 0.25) is 0 Å². The fraction of sp³-hybridized carbons (Fsp3) is 0.250. The molecule has 2 aromatic rings. The summed E-state index contributed by atoms with van der Waals surface area (Å²) in [5.74, 6) is 0. The molecule has 6 heteroatoms. The third-order valence-electron chi connectivity index (χ3n) is 3.75. The normalized spacial score (nSPS) is 13.5. The van der Waals surface area contributed by atoms with E-state index in [1.165, 1.54) is 4.68 Å². The molecule has 0 fully saturated rings. The molecule has 0 radical (unpaired) electrons. The summed E-state index contributed by atoms with van der Waals surface area (Å²) >= 11 is 0. The largest absolute Gasteiger partial charge is 0.335 e. The van der Waals surface area contributed by atoms with Crippen LogP contribution in [0.4, 0.5) is 4.79 Å². The Morgan fingerprint density at radius 1 is 1.36 bits per heavy atom. The Labute approximate surface area is 128 Å². The quantitative estimate of drug-likeness (QED) is 0.841. The van der Waals surface area contributed by atoms with Crippen molar-refractivity contribution < 1.29 is 4.79 Å². The molecule has 1 aliphatic heterocycles. The van der Waals surface area contributed by atoms with Crippen LogP contribution in [0.3, 0.4) is 0 Å². The summed E-state index contributed by atoms with van der Waals surface area (Å²) in [5, 5.41) is 5.89. The molecule has 0 spiro atoms. The van der Waals surface area contributed by atoms with Crippen molar-refractivity contribution in [3.05, 3.63) is 64.6 Å². The first-order valence-electron chi connectivity index (χ1n) is 7.22. The molecule has 0 atom stereocenters. The van der Waals surface area contributed by atoms with Crippen LogP contribution in [0.5, 0.6) is 0 Å². The van der Waals surface area contributed by atoms with E-state index in [1.807, 2.05) is 30.3 Å². The maximum absolute atomic E-state index is 12.6. The number of hydrogen-bond donors (Lipinski definition) is 2. The molecule has 2 heterocycles. The predicted molar refractivity (Wildman–Crippen MR) is 84.1 cm³/mol. The molecule has 0 saturated carbocycles. The van der Waals surface area contributed by atoms with Crippen molar-refractivity contribution in [1.29, 1.82) is 0 Å². The molecule has 3 rings (SSSR count). The van der Waals surface area contributed by atoms with Crippen LogP contribution >= 0.6 is 0 Å². The number of H-pyrrole nitrogens is 1.